The van der Waals surface area contributed by atoms with E-state index in [0.29, 0.717) is 36.0 Å². The minimum Gasteiger partial charge on any atom is -0.495 e. The summed E-state index contributed by atoms with van der Waals surface area (Å²) in [5.41, 5.74) is 1.94. The highest BCUT2D eigenvalue weighted by Gasteiger charge is 2.29. The monoisotopic (exact) mass is 464 g/mol. The van der Waals surface area contributed by atoms with Crippen LogP contribution in [0.1, 0.15) is 11.1 Å². The van der Waals surface area contributed by atoms with Gasteiger partial charge in [0.25, 0.3) is 0 Å². The number of carbonyl (C=O) groups excluding carboxylic acids is 1. The van der Waals surface area contributed by atoms with E-state index in [1.165, 1.54) is 24.6 Å². The quantitative estimate of drug-likeness (QED) is 0.639. The van der Waals surface area contributed by atoms with Crippen molar-refractivity contribution in [3.05, 3.63) is 41.5 Å². The van der Waals surface area contributed by atoms with Crippen LogP contribution < -0.4 is 19.5 Å². The molecule has 1 N–H and O–H groups in total. The Kier molecular flexibility index (Phi) is 7.60. The summed E-state index contributed by atoms with van der Waals surface area (Å²) in [6, 6.07) is 8.20. The van der Waals surface area contributed by atoms with Gasteiger partial charge in [-0.05, 0) is 36.2 Å². The molecule has 1 aliphatic heterocycles. The first-order valence-corrected chi connectivity index (χ1v) is 11.5. The number of hydrogen-bond donors (Lipinski definition) is 1. The van der Waals surface area contributed by atoms with Crippen molar-refractivity contribution in [2.45, 2.75) is 18.2 Å². The Hall–Kier alpha value is -2.82. The lowest BCUT2D eigenvalue weighted by Gasteiger charge is -2.26. The van der Waals surface area contributed by atoms with Crippen LogP contribution in [0.15, 0.2) is 35.2 Å². The Balaban J connectivity index is 1.82. The molecule has 0 atom stereocenters. The number of nitrogens with one attached hydrogen (secondary N) is 1. The fraction of sp³-hybridized carbons (Fsp3) is 0.409. The number of sulfonamides is 1. The Labute approximate surface area is 188 Å². The summed E-state index contributed by atoms with van der Waals surface area (Å²) in [7, 11) is 0.701. The fourth-order valence-corrected chi connectivity index (χ4v) is 5.07. The van der Waals surface area contributed by atoms with Crippen LogP contribution in [0.2, 0.25) is 0 Å². The van der Waals surface area contributed by atoms with Crippen molar-refractivity contribution in [1.29, 1.82) is 0 Å². The third-order valence-electron chi connectivity index (χ3n) is 5.19. The molecule has 10 heteroatoms. The first-order chi connectivity index (χ1) is 15.3. The molecule has 1 saturated heterocycles. The molecular formula is C22H28N2O7S. The molecule has 32 heavy (non-hydrogen) atoms. The maximum Gasteiger partial charge on any atom is 0.246 e. The van der Waals surface area contributed by atoms with Crippen LogP contribution >= 0.6 is 0 Å². The number of morpholine rings is 1. The van der Waals surface area contributed by atoms with E-state index in [-0.39, 0.29) is 36.1 Å². The number of methoxy groups -OCH3 is 3. The lowest BCUT2D eigenvalue weighted by atomic mass is 10.1. The topological polar surface area (TPSA) is 103 Å². The molecule has 2 aromatic rings. The number of hydrogen-bond acceptors (Lipinski definition) is 7. The molecule has 1 amide bonds. The number of amides is 1. The molecule has 0 unspecified atom stereocenters. The van der Waals surface area contributed by atoms with Gasteiger partial charge < -0.3 is 24.3 Å². The minimum absolute atomic E-state index is 0.0105. The average molecular weight is 465 g/mol. The summed E-state index contributed by atoms with van der Waals surface area (Å²) in [6.45, 7) is 3.07. The van der Waals surface area contributed by atoms with Gasteiger partial charge in [-0.3, -0.25) is 4.79 Å². The van der Waals surface area contributed by atoms with Crippen molar-refractivity contribution >= 4 is 21.6 Å². The molecule has 1 fully saturated rings. The molecule has 1 aliphatic rings. The number of benzene rings is 2. The Morgan fingerprint density at radius 3 is 2.25 bits per heavy atom. The zero-order valence-corrected chi connectivity index (χ0v) is 19.5. The van der Waals surface area contributed by atoms with E-state index in [1.54, 1.807) is 31.4 Å². The standard InChI is InChI=1S/C22H28N2O7S/c1-15-11-19(29-3)20(30-4)14-17(15)23-22(25)13-16-5-6-18(28-2)21(12-16)32(26,27)24-7-9-31-10-8-24/h5-6,11-12,14H,7-10,13H2,1-4H3,(H,23,25). The summed E-state index contributed by atoms with van der Waals surface area (Å²) in [6.07, 6.45) is -0.0105. The molecular weight excluding hydrogens is 436 g/mol. The number of rotatable bonds is 8. The van der Waals surface area contributed by atoms with Crippen LogP contribution in [0.4, 0.5) is 5.69 Å². The zero-order valence-electron chi connectivity index (χ0n) is 18.6. The third-order valence-corrected chi connectivity index (χ3v) is 7.11. The van der Waals surface area contributed by atoms with Crippen LogP contribution in [-0.2, 0) is 26.0 Å². The molecule has 2 aromatic carbocycles. The van der Waals surface area contributed by atoms with Gasteiger partial charge in [-0.25, -0.2) is 8.42 Å². The fourth-order valence-electron chi connectivity index (χ4n) is 3.45. The number of nitrogens with zero attached hydrogens (tertiary/aromatic N) is 1. The Morgan fingerprint density at radius 2 is 1.62 bits per heavy atom. The van der Waals surface area contributed by atoms with Crippen molar-refractivity contribution in [3.8, 4) is 17.2 Å². The summed E-state index contributed by atoms with van der Waals surface area (Å²) in [4.78, 5) is 12.8. The van der Waals surface area contributed by atoms with Gasteiger partial charge in [-0.1, -0.05) is 6.07 Å². The molecule has 9 nitrogen and oxygen atoms in total. The average Bonchev–Trinajstić information content (AvgIpc) is 2.80. The maximum atomic E-state index is 13.1. The summed E-state index contributed by atoms with van der Waals surface area (Å²) < 4.78 is 48.7. The molecule has 3 rings (SSSR count). The summed E-state index contributed by atoms with van der Waals surface area (Å²) in [5.74, 6) is 1.00. The van der Waals surface area contributed by atoms with Gasteiger partial charge in [-0.15, -0.1) is 0 Å². The molecule has 0 bridgehead atoms. The summed E-state index contributed by atoms with van der Waals surface area (Å²) in [5, 5.41) is 2.85. The molecule has 0 aliphatic carbocycles. The van der Waals surface area contributed by atoms with Crippen molar-refractivity contribution in [1.82, 2.24) is 4.31 Å². The second-order valence-electron chi connectivity index (χ2n) is 7.25. The molecule has 0 radical (unpaired) electrons. The molecule has 1 heterocycles. The van der Waals surface area contributed by atoms with Crippen LogP contribution in [-0.4, -0.2) is 66.3 Å². The van der Waals surface area contributed by atoms with Gasteiger partial charge >= 0.3 is 0 Å². The van der Waals surface area contributed by atoms with E-state index < -0.39 is 10.0 Å². The van der Waals surface area contributed by atoms with Crippen LogP contribution in [0, 0.1) is 6.92 Å². The van der Waals surface area contributed by atoms with Crippen LogP contribution in [0.5, 0.6) is 17.2 Å². The highest BCUT2D eigenvalue weighted by Crippen LogP contribution is 2.33. The van der Waals surface area contributed by atoms with Crippen LogP contribution in [0.25, 0.3) is 0 Å². The predicted molar refractivity (Wildman–Crippen MR) is 119 cm³/mol. The number of anilines is 1. The number of ether oxygens (including phenoxy) is 4. The van der Waals surface area contributed by atoms with E-state index >= 15 is 0 Å². The van der Waals surface area contributed by atoms with Crippen molar-refractivity contribution in [2.75, 3.05) is 52.9 Å². The van der Waals surface area contributed by atoms with Gasteiger partial charge in [0, 0.05) is 24.8 Å². The molecule has 0 spiro atoms. The van der Waals surface area contributed by atoms with Gasteiger partial charge in [0.1, 0.15) is 10.6 Å². The highest BCUT2D eigenvalue weighted by atomic mass is 32.2. The van der Waals surface area contributed by atoms with E-state index in [2.05, 4.69) is 5.32 Å². The van der Waals surface area contributed by atoms with E-state index in [0.717, 1.165) is 5.56 Å². The van der Waals surface area contributed by atoms with E-state index in [4.69, 9.17) is 18.9 Å². The van der Waals surface area contributed by atoms with E-state index in [9.17, 15) is 13.2 Å². The molecule has 0 saturated carbocycles. The van der Waals surface area contributed by atoms with Gasteiger partial charge in [0.05, 0.1) is 41.0 Å². The number of aryl methyl sites for hydroxylation is 1. The van der Waals surface area contributed by atoms with Gasteiger partial charge in [0.15, 0.2) is 11.5 Å². The first kappa shape index (κ1) is 23.8. The maximum absolute atomic E-state index is 13.1. The number of carbonyl (C=O) groups is 1. The lowest BCUT2D eigenvalue weighted by Crippen LogP contribution is -2.40. The highest BCUT2D eigenvalue weighted by molar-refractivity contribution is 7.89. The molecule has 174 valence electrons. The Bertz CT molecular complexity index is 1080. The minimum atomic E-state index is -3.78. The van der Waals surface area contributed by atoms with Crippen molar-refractivity contribution < 1.29 is 32.2 Å². The molecule has 0 aromatic heterocycles. The largest absolute Gasteiger partial charge is 0.495 e. The second-order valence-corrected chi connectivity index (χ2v) is 9.16. The second kappa shape index (κ2) is 10.2. The van der Waals surface area contributed by atoms with Crippen LogP contribution in [0.3, 0.4) is 0 Å². The summed E-state index contributed by atoms with van der Waals surface area (Å²) >= 11 is 0. The first-order valence-electron chi connectivity index (χ1n) is 10.1. The lowest BCUT2D eigenvalue weighted by molar-refractivity contribution is -0.115. The SMILES string of the molecule is COc1cc(C)c(NC(=O)Cc2ccc(OC)c(S(=O)(=O)N3CCOCC3)c2)cc1OC. The van der Waals surface area contributed by atoms with Gasteiger partial charge in [-0.2, -0.15) is 4.31 Å². The third kappa shape index (κ3) is 5.14. The predicted octanol–water partition coefficient (Wildman–Crippen LogP) is 2.22. The van der Waals surface area contributed by atoms with E-state index in [1.807, 2.05) is 6.92 Å². The van der Waals surface area contributed by atoms with Gasteiger partial charge in [0.2, 0.25) is 15.9 Å². The smallest absolute Gasteiger partial charge is 0.246 e. The Morgan fingerprint density at radius 1 is 1.00 bits per heavy atom. The normalized spacial score (nSPS) is 14.6. The van der Waals surface area contributed by atoms with Crippen molar-refractivity contribution in [2.24, 2.45) is 0 Å². The van der Waals surface area contributed by atoms with Crippen molar-refractivity contribution in [3.63, 3.8) is 0 Å². The zero-order chi connectivity index (χ0) is 23.3.